The molecule has 0 atom stereocenters. The number of fused-ring (bicyclic) bond motifs is 2. The Balaban J connectivity index is 0.000000608. The van der Waals surface area contributed by atoms with E-state index in [-0.39, 0.29) is 51.0 Å². The Morgan fingerprint density at radius 2 is 0.800 bits per heavy atom. The van der Waals surface area contributed by atoms with Crippen LogP contribution >= 0.6 is 0 Å². The van der Waals surface area contributed by atoms with E-state index in [0.717, 1.165) is 0 Å². The van der Waals surface area contributed by atoms with Crippen molar-refractivity contribution in [2.45, 2.75) is 92.9 Å². The van der Waals surface area contributed by atoms with E-state index in [1.54, 1.807) is 0 Å². The van der Waals surface area contributed by atoms with Crippen molar-refractivity contribution < 1.29 is 51.0 Å². The molecule has 4 rings (SSSR count). The van der Waals surface area contributed by atoms with Crippen LogP contribution in [0.15, 0.2) is 48.5 Å². The Morgan fingerprint density at radius 3 is 1.06 bits per heavy atom. The minimum atomic E-state index is 0. The second-order valence-electron chi connectivity index (χ2n) is 10.9. The molecule has 0 unspecified atom stereocenters. The van der Waals surface area contributed by atoms with E-state index in [9.17, 15) is 0 Å². The van der Waals surface area contributed by atoms with E-state index in [2.05, 4.69) is 118 Å². The first kappa shape index (κ1) is 34.1. The van der Waals surface area contributed by atoms with Crippen LogP contribution in [-0.4, -0.2) is 0 Å². The van der Waals surface area contributed by atoms with Crippen molar-refractivity contribution in [1.82, 2.24) is 0 Å². The summed E-state index contributed by atoms with van der Waals surface area (Å²) in [7, 11) is 0. The van der Waals surface area contributed by atoms with Crippen molar-refractivity contribution in [2.75, 3.05) is 0 Å². The summed E-state index contributed by atoms with van der Waals surface area (Å²) in [4.78, 5) is 0. The topological polar surface area (TPSA) is 0 Å². The summed E-state index contributed by atoms with van der Waals surface area (Å²) in [6.07, 6.45) is 0. The Morgan fingerprint density at radius 1 is 0.486 bits per heavy atom. The number of aryl methyl sites for hydroxylation is 2. The fourth-order valence-corrected chi connectivity index (χ4v) is 4.67. The molecule has 0 aliphatic heterocycles. The maximum Gasteiger partial charge on any atom is 4.00 e. The second-order valence-corrected chi connectivity index (χ2v) is 10.9. The molecule has 0 aliphatic carbocycles. The number of benzene rings is 2. The van der Waals surface area contributed by atoms with Gasteiger partial charge in [-0.2, -0.15) is 12.1 Å². The second kappa shape index (κ2) is 14.2. The SMILES string of the molecule is Cc1cc2c(C(C)C)cc(C(C)C)cc2[cH-]1.Cc1cc2c(C(C)C)cc(C(C)C)cc2[cH-]1.[Cl-].[Cl-].[Zr+4]. The molecule has 0 saturated carbocycles. The first-order chi connectivity index (χ1) is 15.0. The summed E-state index contributed by atoms with van der Waals surface area (Å²) in [6, 6.07) is 18.7. The summed E-state index contributed by atoms with van der Waals surface area (Å²) in [5.74, 6) is 2.42. The van der Waals surface area contributed by atoms with E-state index in [1.165, 1.54) is 54.9 Å². The fourth-order valence-electron chi connectivity index (χ4n) is 4.67. The molecule has 0 N–H and O–H groups in total. The summed E-state index contributed by atoms with van der Waals surface area (Å²) in [6.45, 7) is 22.5. The van der Waals surface area contributed by atoms with Gasteiger partial charge in [-0.25, -0.2) is 0 Å². The zero-order valence-corrected chi connectivity index (χ0v) is 27.2. The molecule has 0 fully saturated rings. The van der Waals surface area contributed by atoms with E-state index < -0.39 is 0 Å². The minimum absolute atomic E-state index is 0. The van der Waals surface area contributed by atoms with E-state index in [1.807, 2.05) is 0 Å². The van der Waals surface area contributed by atoms with Crippen LogP contribution in [0.5, 0.6) is 0 Å². The van der Waals surface area contributed by atoms with Crippen molar-refractivity contribution >= 4 is 21.5 Å². The van der Waals surface area contributed by atoms with Gasteiger partial charge in [0.1, 0.15) is 0 Å². The first-order valence-electron chi connectivity index (χ1n) is 12.4. The monoisotopic (exact) mass is 586 g/mol. The van der Waals surface area contributed by atoms with Gasteiger partial charge in [-0.05, 0) is 23.7 Å². The molecule has 188 valence electrons. The van der Waals surface area contributed by atoms with Crippen LogP contribution in [0.4, 0.5) is 0 Å². The third kappa shape index (κ3) is 8.05. The number of hydrogen-bond acceptors (Lipinski definition) is 0. The third-order valence-electron chi connectivity index (χ3n) is 6.62. The minimum Gasteiger partial charge on any atom is -1.00 e. The molecule has 0 saturated heterocycles. The standard InChI is InChI=1S/2C16H21.2ClH.Zr/c2*1-10(2)13-8-14-6-12(5)7-16(14)15(9-13)11(3)4;;;/h2*6-11H,1-5H3;2*1H;/q2*-1;;;+4/p-2. The van der Waals surface area contributed by atoms with Crippen molar-refractivity contribution in [2.24, 2.45) is 0 Å². The molecule has 0 nitrogen and oxygen atoms in total. The molecule has 4 aromatic rings. The van der Waals surface area contributed by atoms with Crippen molar-refractivity contribution in [3.8, 4) is 0 Å². The van der Waals surface area contributed by atoms with Gasteiger partial charge < -0.3 is 24.8 Å². The molecule has 35 heavy (non-hydrogen) atoms. The van der Waals surface area contributed by atoms with Gasteiger partial charge in [0, 0.05) is 0 Å². The van der Waals surface area contributed by atoms with Gasteiger partial charge in [-0.3, -0.25) is 0 Å². The molecule has 3 heteroatoms. The summed E-state index contributed by atoms with van der Waals surface area (Å²) in [5.41, 5.74) is 8.66. The predicted molar refractivity (Wildman–Crippen MR) is 145 cm³/mol. The van der Waals surface area contributed by atoms with Crippen molar-refractivity contribution in [1.29, 1.82) is 0 Å². The van der Waals surface area contributed by atoms with Gasteiger partial charge in [0.05, 0.1) is 0 Å². The zero-order chi connectivity index (χ0) is 23.7. The molecular weight excluding hydrogens is 546 g/mol. The molecular formula is C32H42Cl2Zr. The number of hydrogen-bond donors (Lipinski definition) is 0. The molecule has 0 spiro atoms. The molecule has 0 aliphatic rings. The van der Waals surface area contributed by atoms with Crippen molar-refractivity contribution in [3.05, 3.63) is 81.9 Å². The van der Waals surface area contributed by atoms with Gasteiger partial charge in [0.15, 0.2) is 0 Å². The van der Waals surface area contributed by atoms with Gasteiger partial charge in [-0.1, -0.05) is 104 Å². The molecule has 0 bridgehead atoms. The van der Waals surface area contributed by atoms with Crippen LogP contribution in [0.25, 0.3) is 21.5 Å². The maximum absolute atomic E-state index is 2.39. The van der Waals surface area contributed by atoms with E-state index in [4.69, 9.17) is 0 Å². The van der Waals surface area contributed by atoms with Gasteiger partial charge in [0.25, 0.3) is 0 Å². The number of halogens is 2. The summed E-state index contributed by atoms with van der Waals surface area (Å²) < 4.78 is 0. The Bertz CT molecular complexity index is 1110. The van der Waals surface area contributed by atoms with Crippen LogP contribution in [0.1, 0.15) is 112 Å². The summed E-state index contributed by atoms with van der Waals surface area (Å²) in [5, 5.41) is 5.70. The van der Waals surface area contributed by atoms with Gasteiger partial charge in [-0.15, -0.1) is 56.9 Å². The molecule has 0 heterocycles. The normalized spacial score (nSPS) is 10.9. The zero-order valence-electron chi connectivity index (χ0n) is 23.2. The Hall–Kier alpha value is -0.877. The van der Waals surface area contributed by atoms with Crippen LogP contribution < -0.4 is 24.8 Å². The number of rotatable bonds is 4. The van der Waals surface area contributed by atoms with Gasteiger partial charge >= 0.3 is 26.2 Å². The van der Waals surface area contributed by atoms with Crippen LogP contribution in [-0.2, 0) is 26.2 Å². The van der Waals surface area contributed by atoms with Gasteiger partial charge in [0.2, 0.25) is 0 Å². The quantitative estimate of drug-likeness (QED) is 0.313. The summed E-state index contributed by atoms with van der Waals surface area (Å²) >= 11 is 0. The molecule has 0 aromatic heterocycles. The van der Waals surface area contributed by atoms with E-state index in [0.29, 0.717) is 23.7 Å². The maximum atomic E-state index is 2.39. The van der Waals surface area contributed by atoms with Crippen LogP contribution in [0.3, 0.4) is 0 Å². The first-order valence-corrected chi connectivity index (χ1v) is 12.4. The molecule has 0 amide bonds. The average molecular weight is 589 g/mol. The molecule has 4 aromatic carbocycles. The van der Waals surface area contributed by atoms with E-state index >= 15 is 0 Å². The van der Waals surface area contributed by atoms with Crippen LogP contribution in [0.2, 0.25) is 0 Å². The Labute approximate surface area is 246 Å². The Kier molecular flexibility index (Phi) is 13.8. The average Bonchev–Trinajstić information content (AvgIpc) is 3.26. The molecule has 0 radical (unpaired) electrons. The van der Waals surface area contributed by atoms with Crippen molar-refractivity contribution in [3.63, 3.8) is 0 Å². The third-order valence-corrected chi connectivity index (χ3v) is 6.62. The largest absolute Gasteiger partial charge is 4.00 e. The smallest absolute Gasteiger partial charge is 1.00 e. The fraction of sp³-hybridized carbons (Fsp3) is 0.438. The predicted octanol–water partition coefficient (Wildman–Crippen LogP) is 4.23. The van der Waals surface area contributed by atoms with Crippen LogP contribution in [0, 0.1) is 13.8 Å².